The zero-order chi connectivity index (χ0) is 45.3. The lowest BCUT2D eigenvalue weighted by atomic mass is 10.0. The zero-order valence-corrected chi connectivity index (χ0v) is 34.5. The van der Waals surface area contributed by atoms with Crippen molar-refractivity contribution in [1.82, 2.24) is 25.1 Å². The van der Waals surface area contributed by atoms with Gasteiger partial charge in [0.05, 0.1) is 28.4 Å². The van der Waals surface area contributed by atoms with Gasteiger partial charge in [-0.2, -0.15) is 4.68 Å². The molecule has 0 aliphatic rings. The number of nitrogens with zero attached hydrogens (tertiary/aromatic N) is 6. The number of nitrogens with one attached hydrogen (secondary N) is 1. The molecule has 0 radical (unpaired) electrons. The SMILES string of the molecule is C#CC#CC#CC#CC#CC#CC#COc1ccccc1NC(=O)c1cc(Oc2ccc([N+](=O)[O-])cc2CN(C(=O)Sc2nnnn2-c2ccccc2)C(C)C)c2ccccc2c1O. The van der Waals surface area contributed by atoms with Crippen LogP contribution in [0.1, 0.15) is 29.8 Å². The first-order chi connectivity index (χ1) is 31.1. The van der Waals surface area contributed by atoms with Gasteiger partial charge < -0.3 is 24.8 Å². The monoisotopic (exact) mass is 859 g/mol. The minimum atomic E-state index is -0.726. The standard InChI is InChI=1S/C49H29N7O7S/c1-4-5-6-7-8-9-10-11-12-13-14-22-31-62-44-28-21-20-27-42(44)50-47(58)41-33-45(39-25-18-19-26-40(39)46(41)57)63-43-30-29-38(56(60)61)32-36(43)34-54(35(2)3)49(59)64-48-51-52-53-55(48)37-23-16-15-17-24-37/h1,15-21,23-30,32-33,35,57H,34H2,2-3H3,(H,50,58). The molecule has 0 fully saturated rings. The number of hydrogen-bond donors (Lipinski definition) is 2. The second kappa shape index (κ2) is 21.6. The summed E-state index contributed by atoms with van der Waals surface area (Å²) in [5, 5.41) is 38.5. The van der Waals surface area contributed by atoms with Crippen molar-refractivity contribution in [2.24, 2.45) is 0 Å². The molecule has 0 saturated heterocycles. The maximum atomic E-state index is 13.9. The predicted octanol–water partition coefficient (Wildman–Crippen LogP) is 7.59. The highest BCUT2D eigenvalue weighted by atomic mass is 32.2. The summed E-state index contributed by atoms with van der Waals surface area (Å²) in [4.78, 5) is 40.7. The minimum absolute atomic E-state index is 0.120. The minimum Gasteiger partial charge on any atom is -0.506 e. The number of tetrazole rings is 1. The quantitative estimate of drug-likeness (QED) is 0.0569. The summed E-state index contributed by atoms with van der Waals surface area (Å²) >= 11 is 0.796. The number of phenols is 1. The van der Waals surface area contributed by atoms with Gasteiger partial charge in [0.2, 0.25) is 5.16 Å². The number of rotatable bonds is 11. The number of nitro groups is 1. The molecule has 0 bridgehead atoms. The first-order valence-corrected chi connectivity index (χ1v) is 19.5. The number of non-ortho nitro benzene ring substituents is 1. The summed E-state index contributed by atoms with van der Waals surface area (Å²) < 4.78 is 13.5. The number of amides is 2. The van der Waals surface area contributed by atoms with Gasteiger partial charge in [-0.15, -0.1) is 11.5 Å². The topological polar surface area (TPSA) is 175 Å². The van der Waals surface area contributed by atoms with Gasteiger partial charge in [0, 0.05) is 81.8 Å². The van der Waals surface area contributed by atoms with E-state index in [4.69, 9.17) is 15.9 Å². The van der Waals surface area contributed by atoms with Crippen LogP contribution < -0.4 is 14.8 Å². The highest BCUT2D eigenvalue weighted by Gasteiger charge is 2.26. The third-order valence-electron chi connectivity index (χ3n) is 8.56. The average Bonchev–Trinajstić information content (AvgIpc) is 3.76. The fourth-order valence-corrected chi connectivity index (χ4v) is 6.48. The third-order valence-corrected chi connectivity index (χ3v) is 9.41. The van der Waals surface area contributed by atoms with Gasteiger partial charge in [0.1, 0.15) is 23.4 Å². The Morgan fingerprint density at radius 1 is 0.828 bits per heavy atom. The number of carbonyl (C=O) groups is 2. The fourth-order valence-electron chi connectivity index (χ4n) is 5.63. The Labute approximate surface area is 371 Å². The molecule has 15 heteroatoms. The van der Waals surface area contributed by atoms with Crippen molar-refractivity contribution >= 4 is 45.1 Å². The number of ether oxygens (including phenoxy) is 2. The molecule has 14 nitrogen and oxygen atoms in total. The van der Waals surface area contributed by atoms with E-state index in [9.17, 15) is 24.8 Å². The maximum absolute atomic E-state index is 13.9. The lowest BCUT2D eigenvalue weighted by Crippen LogP contribution is -2.34. The Kier molecular flexibility index (Phi) is 14.9. The van der Waals surface area contributed by atoms with Crippen LogP contribution in [-0.4, -0.2) is 52.3 Å². The Morgan fingerprint density at radius 3 is 2.16 bits per heavy atom. The number of phenolic OH excluding ortho intramolecular Hbond substituents is 1. The van der Waals surface area contributed by atoms with Crippen LogP contribution in [0.5, 0.6) is 23.0 Å². The Morgan fingerprint density at radius 2 is 1.47 bits per heavy atom. The molecule has 308 valence electrons. The van der Waals surface area contributed by atoms with Crippen molar-refractivity contribution in [3.63, 3.8) is 0 Å². The lowest BCUT2D eigenvalue weighted by Gasteiger charge is -2.27. The summed E-state index contributed by atoms with van der Waals surface area (Å²) in [7, 11) is 0. The second-order valence-corrected chi connectivity index (χ2v) is 13.9. The van der Waals surface area contributed by atoms with Crippen molar-refractivity contribution in [2.75, 3.05) is 5.32 Å². The number of para-hydroxylation sites is 3. The second-order valence-electron chi connectivity index (χ2n) is 12.9. The molecular formula is C49H29N7O7S. The van der Waals surface area contributed by atoms with Crippen LogP contribution in [-0.2, 0) is 6.54 Å². The summed E-state index contributed by atoms with van der Waals surface area (Å²) in [6, 6.07) is 27.2. The van der Waals surface area contributed by atoms with Gasteiger partial charge in [0.25, 0.3) is 16.8 Å². The van der Waals surface area contributed by atoms with Gasteiger partial charge in [-0.05, 0) is 96.2 Å². The zero-order valence-electron chi connectivity index (χ0n) is 33.7. The van der Waals surface area contributed by atoms with Crippen molar-refractivity contribution < 1.29 is 29.1 Å². The van der Waals surface area contributed by atoms with E-state index in [0.29, 0.717) is 11.1 Å². The molecule has 6 aromatic rings. The van der Waals surface area contributed by atoms with Crippen molar-refractivity contribution in [3.05, 3.63) is 124 Å². The molecule has 0 unspecified atom stereocenters. The summed E-state index contributed by atoms with van der Waals surface area (Å²) in [6.45, 7) is 3.48. The number of anilines is 1. The summed E-state index contributed by atoms with van der Waals surface area (Å²) in [5.41, 5.74) is 0.753. The number of benzene rings is 5. The molecule has 6 rings (SSSR count). The molecule has 2 amide bonds. The number of carbonyl (C=O) groups excluding carboxylic acids is 2. The molecule has 0 aliphatic heterocycles. The first kappa shape index (κ1) is 44.0. The Balaban J connectivity index is 1.25. The molecule has 0 atom stereocenters. The van der Waals surface area contributed by atoms with E-state index in [1.54, 1.807) is 74.5 Å². The van der Waals surface area contributed by atoms with Crippen molar-refractivity contribution in [2.45, 2.75) is 31.6 Å². The van der Waals surface area contributed by atoms with E-state index in [1.165, 1.54) is 33.8 Å². The Hall–Kier alpha value is -9.56. The van der Waals surface area contributed by atoms with Crippen LogP contribution >= 0.6 is 11.8 Å². The smallest absolute Gasteiger partial charge is 0.290 e. The highest BCUT2D eigenvalue weighted by Crippen LogP contribution is 2.40. The number of aromatic nitrogens is 4. The van der Waals surface area contributed by atoms with Crippen LogP contribution in [0.25, 0.3) is 16.5 Å². The van der Waals surface area contributed by atoms with Gasteiger partial charge in [0.15, 0.2) is 5.75 Å². The first-order valence-electron chi connectivity index (χ1n) is 18.7. The highest BCUT2D eigenvalue weighted by molar-refractivity contribution is 8.13. The normalized spacial score (nSPS) is 9.53. The van der Waals surface area contributed by atoms with Gasteiger partial charge in [-0.1, -0.05) is 54.6 Å². The van der Waals surface area contributed by atoms with Gasteiger partial charge in [-0.25, -0.2) is 0 Å². The molecule has 2 N–H and O–H groups in total. The number of thioether (sulfide) groups is 1. The molecule has 5 aromatic carbocycles. The van der Waals surface area contributed by atoms with Crippen LogP contribution in [0, 0.1) is 93.7 Å². The fraction of sp³-hybridized carbons (Fsp3) is 0.0816. The number of hydrogen-bond acceptors (Lipinski definition) is 11. The van der Waals surface area contributed by atoms with E-state index in [-0.39, 0.29) is 68.6 Å². The van der Waals surface area contributed by atoms with E-state index < -0.39 is 16.1 Å². The van der Waals surface area contributed by atoms with Crippen LogP contribution in [0.4, 0.5) is 16.2 Å². The lowest BCUT2D eigenvalue weighted by molar-refractivity contribution is -0.384. The van der Waals surface area contributed by atoms with Gasteiger partial charge in [-0.3, -0.25) is 19.7 Å². The number of fused-ring (bicyclic) bond motifs is 1. The summed E-state index contributed by atoms with van der Waals surface area (Å²) in [5.74, 6) is 28.7. The number of nitro benzene ring substituents is 1. The largest absolute Gasteiger partial charge is 0.506 e. The average molecular weight is 860 g/mol. The number of terminal acetylenes is 1. The summed E-state index contributed by atoms with van der Waals surface area (Å²) in [6.07, 6.45) is 7.44. The molecule has 1 heterocycles. The molecule has 64 heavy (non-hydrogen) atoms. The van der Waals surface area contributed by atoms with E-state index in [1.807, 2.05) is 18.2 Å². The van der Waals surface area contributed by atoms with E-state index in [2.05, 4.69) is 98.0 Å². The number of aromatic hydroxyl groups is 1. The van der Waals surface area contributed by atoms with Crippen molar-refractivity contribution in [1.29, 1.82) is 0 Å². The molecule has 0 spiro atoms. The van der Waals surface area contributed by atoms with Crippen LogP contribution in [0.15, 0.2) is 108 Å². The van der Waals surface area contributed by atoms with Crippen molar-refractivity contribution in [3.8, 4) is 112 Å². The maximum Gasteiger partial charge on any atom is 0.290 e. The van der Waals surface area contributed by atoms with Gasteiger partial charge >= 0.3 is 0 Å². The van der Waals surface area contributed by atoms with Crippen LogP contribution in [0.3, 0.4) is 0 Å². The Bertz CT molecular complexity index is 3230. The van der Waals surface area contributed by atoms with Crippen LogP contribution in [0.2, 0.25) is 0 Å². The van der Waals surface area contributed by atoms with E-state index >= 15 is 0 Å². The third kappa shape index (κ3) is 11.4. The van der Waals surface area contributed by atoms with E-state index in [0.717, 1.165) is 11.8 Å². The predicted molar refractivity (Wildman–Crippen MR) is 240 cm³/mol. The molecular weight excluding hydrogens is 831 g/mol. The molecule has 0 saturated carbocycles. The molecule has 0 aliphatic carbocycles. The molecule has 1 aromatic heterocycles.